The summed E-state index contributed by atoms with van der Waals surface area (Å²) in [5.74, 6) is 0.203. The zero-order valence-corrected chi connectivity index (χ0v) is 9.91. The van der Waals surface area contributed by atoms with Crippen molar-refractivity contribution >= 4 is 23.4 Å². The number of halogens is 2. The van der Waals surface area contributed by atoms with Gasteiger partial charge in [-0.15, -0.1) is 0 Å². The monoisotopic (exact) mass is 246 g/mol. The maximum Gasteiger partial charge on any atom is 0.146 e. The maximum atomic E-state index is 13.7. The smallest absolute Gasteiger partial charge is 0.146 e. The van der Waals surface area contributed by atoms with Crippen LogP contribution in [-0.4, -0.2) is 10.4 Å². The third-order valence-corrected chi connectivity index (χ3v) is 4.17. The summed E-state index contributed by atoms with van der Waals surface area (Å²) in [7, 11) is 0. The highest BCUT2D eigenvalue weighted by atomic mass is 35.5. The number of hydrogen-bond acceptors (Lipinski definition) is 2. The lowest BCUT2D eigenvalue weighted by Gasteiger charge is -2.13. The number of rotatable bonds is 0. The number of aliphatic hydroxyl groups is 1. The van der Waals surface area contributed by atoms with Crippen molar-refractivity contribution in [3.05, 3.63) is 34.1 Å². The zero-order chi connectivity index (χ0) is 11.0. The van der Waals surface area contributed by atoms with Gasteiger partial charge in [-0.2, -0.15) is 11.8 Å². The van der Waals surface area contributed by atoms with Gasteiger partial charge in [0.25, 0.3) is 0 Å². The maximum absolute atomic E-state index is 13.7. The molecule has 0 amide bonds. The van der Waals surface area contributed by atoms with Gasteiger partial charge in [0.2, 0.25) is 0 Å². The second kappa shape index (κ2) is 4.32. The van der Waals surface area contributed by atoms with Crippen LogP contribution in [0, 0.1) is 5.82 Å². The quantitative estimate of drug-likeness (QED) is 0.756. The van der Waals surface area contributed by atoms with Crippen LogP contribution in [0.25, 0.3) is 0 Å². The fourth-order valence-electron chi connectivity index (χ4n) is 1.80. The predicted molar refractivity (Wildman–Crippen MR) is 61.7 cm³/mol. The highest BCUT2D eigenvalue weighted by molar-refractivity contribution is 7.99. The lowest BCUT2D eigenvalue weighted by Crippen LogP contribution is -2.04. The number of benzene rings is 1. The average Bonchev–Trinajstić information content (AvgIpc) is 2.32. The summed E-state index contributed by atoms with van der Waals surface area (Å²) >= 11 is 7.37. The van der Waals surface area contributed by atoms with Crippen LogP contribution in [0.2, 0.25) is 5.02 Å². The summed E-state index contributed by atoms with van der Waals surface area (Å²) in [4.78, 5) is 0. The molecule has 0 aromatic heterocycles. The van der Waals surface area contributed by atoms with Crippen LogP contribution in [0.15, 0.2) is 12.1 Å². The van der Waals surface area contributed by atoms with Crippen LogP contribution in [-0.2, 0) is 5.75 Å². The van der Waals surface area contributed by atoms with Gasteiger partial charge in [-0.1, -0.05) is 24.6 Å². The van der Waals surface area contributed by atoms with Gasteiger partial charge in [-0.05, 0) is 18.1 Å². The first-order chi connectivity index (χ1) is 7.09. The third kappa shape index (κ3) is 2.14. The van der Waals surface area contributed by atoms with Gasteiger partial charge < -0.3 is 5.11 Å². The van der Waals surface area contributed by atoms with Crippen LogP contribution in [0.3, 0.4) is 0 Å². The molecule has 0 bridgehead atoms. The molecule has 0 saturated carbocycles. The first-order valence-corrected chi connectivity index (χ1v) is 6.28. The fraction of sp³-hybridized carbons (Fsp3) is 0.455. The van der Waals surface area contributed by atoms with E-state index in [4.69, 9.17) is 11.6 Å². The van der Waals surface area contributed by atoms with Crippen molar-refractivity contribution in [2.45, 2.75) is 30.5 Å². The van der Waals surface area contributed by atoms with E-state index < -0.39 is 6.10 Å². The van der Waals surface area contributed by atoms with E-state index in [2.05, 4.69) is 0 Å². The van der Waals surface area contributed by atoms with E-state index in [9.17, 15) is 9.50 Å². The number of hydrogen-bond donors (Lipinski definition) is 1. The van der Waals surface area contributed by atoms with Crippen molar-refractivity contribution in [3.8, 4) is 0 Å². The minimum atomic E-state index is -0.572. The Kier molecular flexibility index (Phi) is 3.24. The van der Waals surface area contributed by atoms with Crippen molar-refractivity contribution < 1.29 is 9.50 Å². The first kappa shape index (κ1) is 11.2. The summed E-state index contributed by atoms with van der Waals surface area (Å²) in [6, 6.07) is 3.24. The molecule has 0 fully saturated rings. The Morgan fingerprint density at radius 3 is 3.00 bits per heavy atom. The molecule has 82 valence electrons. The number of aliphatic hydroxyl groups excluding tert-OH is 1. The molecule has 1 aromatic rings. The SMILES string of the molecule is CC1C[C@H](O)c2ccc(Cl)c(F)c2CS1. The highest BCUT2D eigenvalue weighted by Crippen LogP contribution is 2.37. The summed E-state index contributed by atoms with van der Waals surface area (Å²) in [5.41, 5.74) is 1.25. The van der Waals surface area contributed by atoms with E-state index in [1.54, 1.807) is 17.8 Å². The molecule has 1 aromatic carbocycles. The van der Waals surface area contributed by atoms with Crippen molar-refractivity contribution in [2.75, 3.05) is 0 Å². The van der Waals surface area contributed by atoms with Crippen molar-refractivity contribution in [3.63, 3.8) is 0 Å². The summed E-state index contributed by atoms with van der Waals surface area (Å²) in [6.45, 7) is 2.04. The molecule has 0 spiro atoms. The second-order valence-electron chi connectivity index (χ2n) is 3.80. The molecule has 0 saturated heterocycles. The molecule has 1 aliphatic heterocycles. The largest absolute Gasteiger partial charge is 0.388 e. The van der Waals surface area contributed by atoms with Crippen LogP contribution < -0.4 is 0 Å². The minimum absolute atomic E-state index is 0.135. The standard InChI is InChI=1S/C11H12ClFOS/c1-6-4-10(14)7-2-3-9(12)11(13)8(7)5-15-6/h2-3,6,10,14H,4-5H2,1H3/t6?,10-/m0/s1. The summed E-state index contributed by atoms with van der Waals surface area (Å²) in [5, 5.41) is 10.4. The van der Waals surface area contributed by atoms with Crippen molar-refractivity contribution in [2.24, 2.45) is 0 Å². The molecule has 1 nitrogen and oxygen atoms in total. The molecule has 2 rings (SSSR count). The van der Waals surface area contributed by atoms with E-state index in [-0.39, 0.29) is 10.8 Å². The van der Waals surface area contributed by atoms with E-state index in [0.29, 0.717) is 28.6 Å². The zero-order valence-electron chi connectivity index (χ0n) is 8.34. The Balaban J connectivity index is 2.48. The van der Waals surface area contributed by atoms with Crippen molar-refractivity contribution in [1.29, 1.82) is 0 Å². The number of thioether (sulfide) groups is 1. The lowest BCUT2D eigenvalue weighted by molar-refractivity contribution is 0.168. The van der Waals surface area contributed by atoms with E-state index in [0.717, 1.165) is 0 Å². The van der Waals surface area contributed by atoms with Gasteiger partial charge >= 0.3 is 0 Å². The molecular weight excluding hydrogens is 235 g/mol. The Bertz CT molecular complexity index is 383. The van der Waals surface area contributed by atoms with E-state index >= 15 is 0 Å². The third-order valence-electron chi connectivity index (χ3n) is 2.66. The Morgan fingerprint density at radius 2 is 2.27 bits per heavy atom. The molecular formula is C11H12ClFOS. The van der Waals surface area contributed by atoms with Crippen LogP contribution in [0.4, 0.5) is 4.39 Å². The fourth-order valence-corrected chi connectivity index (χ4v) is 3.04. The second-order valence-corrected chi connectivity index (χ2v) is 5.64. The molecule has 0 radical (unpaired) electrons. The van der Waals surface area contributed by atoms with Gasteiger partial charge in [0.05, 0.1) is 11.1 Å². The van der Waals surface area contributed by atoms with Gasteiger partial charge in [0, 0.05) is 16.6 Å². The summed E-state index contributed by atoms with van der Waals surface area (Å²) < 4.78 is 13.7. The van der Waals surface area contributed by atoms with Crippen LogP contribution in [0.1, 0.15) is 30.6 Å². The topological polar surface area (TPSA) is 20.2 Å². The molecule has 1 N–H and O–H groups in total. The molecule has 15 heavy (non-hydrogen) atoms. The molecule has 1 heterocycles. The van der Waals surface area contributed by atoms with Crippen molar-refractivity contribution in [1.82, 2.24) is 0 Å². The highest BCUT2D eigenvalue weighted by Gasteiger charge is 2.24. The normalized spacial score (nSPS) is 25.9. The molecule has 1 aliphatic rings. The van der Waals surface area contributed by atoms with Crippen LogP contribution >= 0.6 is 23.4 Å². The van der Waals surface area contributed by atoms with E-state index in [1.165, 1.54) is 6.07 Å². The predicted octanol–water partition coefficient (Wildman–Crippen LogP) is 3.54. The van der Waals surface area contributed by atoms with Gasteiger partial charge in [0.15, 0.2) is 0 Å². The first-order valence-electron chi connectivity index (χ1n) is 4.86. The average molecular weight is 247 g/mol. The van der Waals surface area contributed by atoms with E-state index in [1.807, 2.05) is 6.92 Å². The lowest BCUT2D eigenvalue weighted by atomic mass is 10.00. The molecule has 4 heteroatoms. The van der Waals surface area contributed by atoms with Crippen LogP contribution in [0.5, 0.6) is 0 Å². The van der Waals surface area contributed by atoms with Gasteiger partial charge in [0.1, 0.15) is 5.82 Å². The minimum Gasteiger partial charge on any atom is -0.388 e. The molecule has 2 atom stereocenters. The van der Waals surface area contributed by atoms with Gasteiger partial charge in [-0.3, -0.25) is 0 Å². The number of fused-ring (bicyclic) bond motifs is 1. The molecule has 1 unspecified atom stereocenters. The van der Waals surface area contributed by atoms with Gasteiger partial charge in [-0.25, -0.2) is 4.39 Å². The Hall–Kier alpha value is -0.250. The molecule has 0 aliphatic carbocycles. The summed E-state index contributed by atoms with van der Waals surface area (Å²) in [6.07, 6.45) is 0.0930. The Labute approximate surface area is 97.6 Å². The Morgan fingerprint density at radius 1 is 1.53 bits per heavy atom.